The van der Waals surface area contributed by atoms with Crippen LogP contribution in [-0.4, -0.2) is 30.2 Å². The number of benzene rings is 1. The van der Waals surface area contributed by atoms with Crippen LogP contribution in [0.1, 0.15) is 24.5 Å². The zero-order chi connectivity index (χ0) is 15.4. The Labute approximate surface area is 129 Å². The van der Waals surface area contributed by atoms with E-state index in [1.807, 2.05) is 29.3 Å². The van der Waals surface area contributed by atoms with Crippen LogP contribution in [0.3, 0.4) is 0 Å². The minimum atomic E-state index is 0.0591. The van der Waals surface area contributed by atoms with Crippen molar-refractivity contribution < 1.29 is 9.57 Å². The largest absolute Gasteiger partial charge is 0.497 e. The Morgan fingerprint density at radius 3 is 2.64 bits per heavy atom. The second-order valence-electron chi connectivity index (χ2n) is 5.45. The SMILES string of the molecule is COc1cccc(ON2CCC(c3cc(=O)cc[nH]3)CC2)c1. The molecule has 1 aromatic carbocycles. The molecule has 2 heterocycles. The number of aromatic nitrogens is 1. The summed E-state index contributed by atoms with van der Waals surface area (Å²) in [4.78, 5) is 20.5. The molecule has 1 aliphatic heterocycles. The maximum absolute atomic E-state index is 11.4. The number of hydrogen-bond acceptors (Lipinski definition) is 4. The third-order valence-electron chi connectivity index (χ3n) is 3.96. The lowest BCUT2D eigenvalue weighted by molar-refractivity contribution is -0.0759. The van der Waals surface area contributed by atoms with Crippen molar-refractivity contribution >= 4 is 0 Å². The van der Waals surface area contributed by atoms with Crippen LogP contribution in [0.15, 0.2) is 47.4 Å². The second kappa shape index (κ2) is 6.66. The summed E-state index contributed by atoms with van der Waals surface area (Å²) in [6, 6.07) is 10.8. The van der Waals surface area contributed by atoms with Gasteiger partial charge in [0.1, 0.15) is 5.75 Å². The number of pyridine rings is 1. The lowest BCUT2D eigenvalue weighted by Gasteiger charge is -2.31. The van der Waals surface area contributed by atoms with Crippen LogP contribution in [0.2, 0.25) is 0 Å². The maximum atomic E-state index is 11.4. The maximum Gasteiger partial charge on any atom is 0.181 e. The van der Waals surface area contributed by atoms with Crippen LogP contribution in [0.4, 0.5) is 0 Å². The van der Waals surface area contributed by atoms with Crippen LogP contribution < -0.4 is 15.0 Å². The molecule has 1 N–H and O–H groups in total. The fraction of sp³-hybridized carbons (Fsp3) is 0.353. The highest BCUT2D eigenvalue weighted by atomic mass is 16.7. The monoisotopic (exact) mass is 300 g/mol. The molecular weight excluding hydrogens is 280 g/mol. The smallest absolute Gasteiger partial charge is 0.181 e. The lowest BCUT2D eigenvalue weighted by Crippen LogP contribution is -2.35. The van der Waals surface area contributed by atoms with Gasteiger partial charge in [-0.3, -0.25) is 4.79 Å². The van der Waals surface area contributed by atoms with E-state index < -0.39 is 0 Å². The van der Waals surface area contributed by atoms with E-state index in [1.165, 1.54) is 0 Å². The van der Waals surface area contributed by atoms with Crippen molar-refractivity contribution in [3.63, 3.8) is 0 Å². The molecule has 0 atom stereocenters. The predicted molar refractivity (Wildman–Crippen MR) is 84.2 cm³/mol. The van der Waals surface area contributed by atoms with Gasteiger partial charge < -0.3 is 14.6 Å². The Morgan fingerprint density at radius 2 is 1.91 bits per heavy atom. The average molecular weight is 300 g/mol. The van der Waals surface area contributed by atoms with Gasteiger partial charge in [0, 0.05) is 49.1 Å². The number of nitrogens with zero attached hydrogens (tertiary/aromatic N) is 1. The topological polar surface area (TPSA) is 54.6 Å². The van der Waals surface area contributed by atoms with Crippen LogP contribution in [0.5, 0.6) is 11.5 Å². The molecule has 116 valence electrons. The van der Waals surface area contributed by atoms with E-state index in [0.29, 0.717) is 5.92 Å². The molecule has 3 rings (SSSR count). The van der Waals surface area contributed by atoms with Gasteiger partial charge in [0.2, 0.25) is 0 Å². The molecule has 0 unspecified atom stereocenters. The van der Waals surface area contributed by atoms with Crippen molar-refractivity contribution in [3.05, 3.63) is 58.5 Å². The zero-order valence-corrected chi connectivity index (χ0v) is 12.6. The zero-order valence-electron chi connectivity index (χ0n) is 12.6. The normalized spacial score (nSPS) is 16.4. The molecule has 5 nitrogen and oxygen atoms in total. The predicted octanol–water partition coefficient (Wildman–Crippen LogP) is 2.56. The molecule has 2 aromatic rings. The summed E-state index contributed by atoms with van der Waals surface area (Å²) < 4.78 is 5.20. The highest BCUT2D eigenvalue weighted by Crippen LogP contribution is 2.27. The summed E-state index contributed by atoms with van der Waals surface area (Å²) in [6.07, 6.45) is 3.64. The molecule has 0 amide bonds. The number of ether oxygens (including phenoxy) is 1. The number of H-pyrrole nitrogens is 1. The second-order valence-corrected chi connectivity index (χ2v) is 5.45. The first kappa shape index (κ1) is 14.7. The van der Waals surface area contributed by atoms with Crippen LogP contribution in [-0.2, 0) is 0 Å². The van der Waals surface area contributed by atoms with Crippen molar-refractivity contribution in [1.82, 2.24) is 10.0 Å². The van der Waals surface area contributed by atoms with Crippen LogP contribution in [0, 0.1) is 0 Å². The van der Waals surface area contributed by atoms with E-state index in [1.54, 1.807) is 25.4 Å². The summed E-state index contributed by atoms with van der Waals surface area (Å²) >= 11 is 0. The van der Waals surface area contributed by atoms with Crippen LogP contribution >= 0.6 is 0 Å². The van der Waals surface area contributed by atoms with E-state index in [2.05, 4.69) is 4.98 Å². The van der Waals surface area contributed by atoms with Gasteiger partial charge in [0.15, 0.2) is 11.2 Å². The first-order valence-electron chi connectivity index (χ1n) is 7.50. The lowest BCUT2D eigenvalue weighted by atomic mass is 9.94. The van der Waals surface area contributed by atoms with Gasteiger partial charge in [-0.25, -0.2) is 0 Å². The number of rotatable bonds is 4. The minimum absolute atomic E-state index is 0.0591. The van der Waals surface area contributed by atoms with E-state index in [4.69, 9.17) is 9.57 Å². The first-order chi connectivity index (χ1) is 10.7. The number of methoxy groups -OCH3 is 1. The molecule has 1 saturated heterocycles. The summed E-state index contributed by atoms with van der Waals surface area (Å²) in [5.74, 6) is 1.96. The van der Waals surface area contributed by atoms with Gasteiger partial charge in [-0.1, -0.05) is 6.07 Å². The Balaban J connectivity index is 1.58. The van der Waals surface area contributed by atoms with Gasteiger partial charge in [0.05, 0.1) is 7.11 Å². The summed E-state index contributed by atoms with van der Waals surface area (Å²) in [5.41, 5.74) is 1.08. The third kappa shape index (κ3) is 3.49. The van der Waals surface area contributed by atoms with Gasteiger partial charge in [-0.15, -0.1) is 5.06 Å². The molecular formula is C17H20N2O3. The Kier molecular flexibility index (Phi) is 4.44. The van der Waals surface area contributed by atoms with Crippen molar-refractivity contribution in [2.75, 3.05) is 20.2 Å². The van der Waals surface area contributed by atoms with Crippen molar-refractivity contribution in [2.45, 2.75) is 18.8 Å². The van der Waals surface area contributed by atoms with Gasteiger partial charge in [-0.2, -0.15) is 0 Å². The highest BCUT2D eigenvalue weighted by molar-refractivity contribution is 5.32. The molecule has 0 spiro atoms. The van der Waals surface area contributed by atoms with Gasteiger partial charge in [0.25, 0.3) is 0 Å². The molecule has 0 bridgehead atoms. The Bertz CT molecular complexity index is 675. The standard InChI is InChI=1S/C17H20N2O3/c1-21-15-3-2-4-16(12-15)22-19-9-6-13(7-10-19)17-11-14(20)5-8-18-17/h2-5,8,11-13H,6-7,9-10H2,1H3,(H,18,20). The summed E-state index contributed by atoms with van der Waals surface area (Å²) in [6.45, 7) is 1.66. The minimum Gasteiger partial charge on any atom is -0.497 e. The fourth-order valence-corrected chi connectivity index (χ4v) is 2.76. The first-order valence-corrected chi connectivity index (χ1v) is 7.50. The fourth-order valence-electron chi connectivity index (χ4n) is 2.76. The van der Waals surface area contributed by atoms with E-state index in [9.17, 15) is 4.79 Å². The molecule has 1 aliphatic rings. The van der Waals surface area contributed by atoms with Crippen molar-refractivity contribution in [1.29, 1.82) is 0 Å². The third-order valence-corrected chi connectivity index (χ3v) is 3.96. The molecule has 1 aromatic heterocycles. The Hall–Kier alpha value is -2.27. The molecule has 5 heteroatoms. The van der Waals surface area contributed by atoms with E-state index in [0.717, 1.165) is 43.1 Å². The summed E-state index contributed by atoms with van der Waals surface area (Å²) in [7, 11) is 1.64. The van der Waals surface area contributed by atoms with Crippen molar-refractivity contribution in [3.8, 4) is 11.5 Å². The quantitative estimate of drug-likeness (QED) is 0.943. The number of aromatic amines is 1. The van der Waals surface area contributed by atoms with Crippen molar-refractivity contribution in [2.24, 2.45) is 0 Å². The van der Waals surface area contributed by atoms with E-state index >= 15 is 0 Å². The molecule has 1 fully saturated rings. The number of hydroxylamine groups is 2. The number of nitrogens with one attached hydrogen (secondary N) is 1. The number of hydrogen-bond donors (Lipinski definition) is 1. The molecule has 0 radical (unpaired) electrons. The van der Waals surface area contributed by atoms with Gasteiger partial charge in [-0.05, 0) is 25.0 Å². The summed E-state index contributed by atoms with van der Waals surface area (Å²) in [5, 5.41) is 1.96. The van der Waals surface area contributed by atoms with Gasteiger partial charge >= 0.3 is 0 Å². The molecule has 0 saturated carbocycles. The molecule has 0 aliphatic carbocycles. The number of piperidine rings is 1. The Morgan fingerprint density at radius 1 is 1.14 bits per heavy atom. The average Bonchev–Trinajstić information content (AvgIpc) is 2.56. The van der Waals surface area contributed by atoms with Crippen LogP contribution in [0.25, 0.3) is 0 Å². The molecule has 22 heavy (non-hydrogen) atoms. The van der Waals surface area contributed by atoms with E-state index in [-0.39, 0.29) is 5.43 Å². The highest BCUT2D eigenvalue weighted by Gasteiger charge is 2.22.